The maximum absolute atomic E-state index is 9.89. The van der Waals surface area contributed by atoms with Gasteiger partial charge in [-0.15, -0.1) is 0 Å². The largest absolute Gasteiger partial charge is 0.507 e. The summed E-state index contributed by atoms with van der Waals surface area (Å²) < 4.78 is 0. The maximum atomic E-state index is 9.89. The minimum Gasteiger partial charge on any atom is -0.507 e. The van der Waals surface area contributed by atoms with Crippen LogP contribution in [0.4, 0.5) is 0 Å². The van der Waals surface area contributed by atoms with Crippen molar-refractivity contribution in [3.8, 4) is 17.1 Å². The molecule has 1 unspecified atom stereocenters. The normalized spacial score (nSPS) is 18.1. The summed E-state index contributed by atoms with van der Waals surface area (Å²) in [6, 6.07) is 7.07. The molecule has 0 fully saturated rings. The van der Waals surface area contributed by atoms with E-state index in [0.29, 0.717) is 22.5 Å². The number of para-hydroxylation sites is 1. The Bertz CT molecular complexity index is 628. The predicted molar refractivity (Wildman–Crippen MR) is 75.3 cm³/mol. The van der Waals surface area contributed by atoms with Gasteiger partial charge in [0.1, 0.15) is 10.9 Å². The van der Waals surface area contributed by atoms with Gasteiger partial charge in [-0.1, -0.05) is 30.7 Å². The van der Waals surface area contributed by atoms with Crippen molar-refractivity contribution in [2.45, 2.75) is 26.2 Å². The van der Waals surface area contributed by atoms with Crippen molar-refractivity contribution in [3.05, 3.63) is 40.7 Å². The first-order valence-corrected chi connectivity index (χ1v) is 6.86. The molecule has 1 N–H and O–H groups in total. The van der Waals surface area contributed by atoms with Crippen molar-refractivity contribution in [2.75, 3.05) is 0 Å². The van der Waals surface area contributed by atoms with Gasteiger partial charge in [0, 0.05) is 11.3 Å². The molecule has 1 aliphatic carbocycles. The number of nitrogens with zero attached hydrogens (tertiary/aromatic N) is 2. The number of rotatable bonds is 1. The highest BCUT2D eigenvalue weighted by Gasteiger charge is 2.21. The van der Waals surface area contributed by atoms with Crippen LogP contribution in [0.3, 0.4) is 0 Å². The van der Waals surface area contributed by atoms with E-state index in [9.17, 15) is 5.11 Å². The third-order valence-electron chi connectivity index (χ3n) is 3.62. The van der Waals surface area contributed by atoms with Gasteiger partial charge in [0.15, 0.2) is 5.82 Å². The minimum atomic E-state index is 0.183. The lowest BCUT2D eigenvalue weighted by atomic mass is 9.89. The SMILES string of the molecule is CC1CCc2c(Cl)nc(-c3ccccc3O)nc2C1. The van der Waals surface area contributed by atoms with Crippen molar-refractivity contribution < 1.29 is 5.11 Å². The molecule has 4 heteroatoms. The number of halogens is 1. The van der Waals surface area contributed by atoms with Crippen LogP contribution in [0.5, 0.6) is 5.75 Å². The molecule has 0 saturated carbocycles. The molecule has 0 aliphatic heterocycles. The van der Waals surface area contributed by atoms with Gasteiger partial charge in [-0.25, -0.2) is 9.97 Å². The van der Waals surface area contributed by atoms with Crippen molar-refractivity contribution in [1.29, 1.82) is 0 Å². The zero-order valence-corrected chi connectivity index (χ0v) is 11.5. The van der Waals surface area contributed by atoms with Crippen LogP contribution in [0, 0.1) is 5.92 Å². The average molecular weight is 275 g/mol. The van der Waals surface area contributed by atoms with Gasteiger partial charge in [-0.05, 0) is 37.3 Å². The summed E-state index contributed by atoms with van der Waals surface area (Å²) >= 11 is 6.26. The topological polar surface area (TPSA) is 46.0 Å². The van der Waals surface area contributed by atoms with E-state index >= 15 is 0 Å². The highest BCUT2D eigenvalue weighted by Crippen LogP contribution is 2.32. The lowest BCUT2D eigenvalue weighted by Gasteiger charge is -2.21. The third kappa shape index (κ3) is 2.30. The van der Waals surface area contributed by atoms with E-state index < -0.39 is 0 Å². The average Bonchev–Trinajstić information content (AvgIpc) is 2.38. The standard InChI is InChI=1S/C15H15ClN2O/c1-9-6-7-10-12(8-9)17-15(18-14(10)16)11-4-2-3-5-13(11)19/h2-5,9,19H,6-8H2,1H3. The molecule has 0 bridgehead atoms. The van der Waals surface area contributed by atoms with Crippen LogP contribution in [0.2, 0.25) is 5.15 Å². The zero-order chi connectivity index (χ0) is 13.4. The van der Waals surface area contributed by atoms with E-state index in [4.69, 9.17) is 11.6 Å². The fraction of sp³-hybridized carbons (Fsp3) is 0.333. The van der Waals surface area contributed by atoms with Gasteiger partial charge >= 0.3 is 0 Å². The lowest BCUT2D eigenvalue weighted by molar-refractivity contribution is 0.476. The van der Waals surface area contributed by atoms with Crippen molar-refractivity contribution in [2.24, 2.45) is 5.92 Å². The number of phenolic OH excluding ortho intramolecular Hbond substituents is 1. The first-order valence-electron chi connectivity index (χ1n) is 6.49. The number of phenols is 1. The summed E-state index contributed by atoms with van der Waals surface area (Å²) in [5, 5.41) is 10.4. The van der Waals surface area contributed by atoms with Crippen LogP contribution < -0.4 is 0 Å². The summed E-state index contributed by atoms with van der Waals surface area (Å²) in [6.45, 7) is 2.22. The molecule has 1 atom stereocenters. The Kier molecular flexibility index (Phi) is 3.15. The molecule has 0 radical (unpaired) electrons. The smallest absolute Gasteiger partial charge is 0.164 e. The van der Waals surface area contributed by atoms with E-state index in [0.717, 1.165) is 30.5 Å². The van der Waals surface area contributed by atoms with Gasteiger partial charge in [-0.3, -0.25) is 0 Å². The molecule has 2 aromatic rings. The number of benzene rings is 1. The summed E-state index contributed by atoms with van der Waals surface area (Å²) in [7, 11) is 0. The second kappa shape index (κ2) is 4.82. The molecule has 3 nitrogen and oxygen atoms in total. The van der Waals surface area contributed by atoms with Gasteiger partial charge < -0.3 is 5.11 Å². The predicted octanol–water partition coefficient (Wildman–Crippen LogP) is 3.63. The third-order valence-corrected chi connectivity index (χ3v) is 3.93. The van der Waals surface area contributed by atoms with Crippen LogP contribution in [0.25, 0.3) is 11.4 Å². The highest BCUT2D eigenvalue weighted by atomic mass is 35.5. The molecule has 1 aliphatic rings. The van der Waals surface area contributed by atoms with Crippen molar-refractivity contribution in [3.63, 3.8) is 0 Å². The fourth-order valence-corrected chi connectivity index (χ4v) is 2.81. The van der Waals surface area contributed by atoms with E-state index in [-0.39, 0.29) is 5.75 Å². The Labute approximate surface area is 117 Å². The Balaban J connectivity index is 2.12. The van der Waals surface area contributed by atoms with Crippen molar-refractivity contribution in [1.82, 2.24) is 9.97 Å². The molecule has 19 heavy (non-hydrogen) atoms. The second-order valence-electron chi connectivity index (χ2n) is 5.13. The van der Waals surface area contributed by atoms with E-state index in [1.165, 1.54) is 0 Å². The van der Waals surface area contributed by atoms with Crippen molar-refractivity contribution >= 4 is 11.6 Å². The first-order chi connectivity index (χ1) is 9.15. The summed E-state index contributed by atoms with van der Waals surface area (Å²) in [6.07, 6.45) is 3.00. The Morgan fingerprint density at radius 1 is 1.26 bits per heavy atom. The molecule has 3 rings (SSSR count). The van der Waals surface area contributed by atoms with Gasteiger partial charge in [0.05, 0.1) is 5.56 Å². The van der Waals surface area contributed by atoms with Crippen LogP contribution >= 0.6 is 11.6 Å². The molecule has 0 amide bonds. The Morgan fingerprint density at radius 3 is 2.84 bits per heavy atom. The summed E-state index contributed by atoms with van der Waals surface area (Å²) in [5.41, 5.74) is 2.72. The number of hydrogen-bond acceptors (Lipinski definition) is 3. The summed E-state index contributed by atoms with van der Waals surface area (Å²) in [5.74, 6) is 1.31. The van der Waals surface area contributed by atoms with Crippen LogP contribution in [-0.2, 0) is 12.8 Å². The van der Waals surface area contributed by atoms with Gasteiger partial charge in [0.2, 0.25) is 0 Å². The van der Waals surface area contributed by atoms with Gasteiger partial charge in [-0.2, -0.15) is 0 Å². The first kappa shape index (κ1) is 12.4. The molecule has 1 aromatic heterocycles. The highest BCUT2D eigenvalue weighted by molar-refractivity contribution is 6.30. The van der Waals surface area contributed by atoms with Crippen LogP contribution in [-0.4, -0.2) is 15.1 Å². The number of fused-ring (bicyclic) bond motifs is 1. The minimum absolute atomic E-state index is 0.183. The molecule has 98 valence electrons. The summed E-state index contributed by atoms with van der Waals surface area (Å²) in [4.78, 5) is 8.94. The van der Waals surface area contributed by atoms with Crippen LogP contribution in [0.15, 0.2) is 24.3 Å². The zero-order valence-electron chi connectivity index (χ0n) is 10.7. The van der Waals surface area contributed by atoms with E-state index in [2.05, 4.69) is 16.9 Å². The lowest BCUT2D eigenvalue weighted by Crippen LogP contribution is -2.15. The van der Waals surface area contributed by atoms with Crippen LogP contribution in [0.1, 0.15) is 24.6 Å². The molecule has 0 spiro atoms. The molecule has 0 saturated heterocycles. The molecular weight excluding hydrogens is 260 g/mol. The number of aromatic nitrogens is 2. The quantitative estimate of drug-likeness (QED) is 0.808. The van der Waals surface area contributed by atoms with E-state index in [1.807, 2.05) is 6.07 Å². The van der Waals surface area contributed by atoms with E-state index in [1.54, 1.807) is 18.2 Å². The van der Waals surface area contributed by atoms with Gasteiger partial charge in [0.25, 0.3) is 0 Å². The second-order valence-corrected chi connectivity index (χ2v) is 5.49. The molecule has 1 aromatic carbocycles. The number of hydrogen-bond donors (Lipinski definition) is 1. The Morgan fingerprint density at radius 2 is 2.05 bits per heavy atom. The molecular formula is C15H15ClN2O. The monoisotopic (exact) mass is 274 g/mol. The number of aromatic hydroxyl groups is 1. The Hall–Kier alpha value is -1.61. The fourth-order valence-electron chi connectivity index (χ4n) is 2.52. The molecule has 1 heterocycles. The maximum Gasteiger partial charge on any atom is 0.164 e.